The molecule has 2 amide bonds. The fourth-order valence-electron chi connectivity index (χ4n) is 4.13. The zero-order valence-electron chi connectivity index (χ0n) is 20.1. The Kier molecular flexibility index (Phi) is 6.32. The van der Waals surface area contributed by atoms with Gasteiger partial charge >= 0.3 is 0 Å². The van der Waals surface area contributed by atoms with Crippen LogP contribution < -0.4 is 14.8 Å². The first-order chi connectivity index (χ1) is 17.3. The summed E-state index contributed by atoms with van der Waals surface area (Å²) in [6.45, 7) is 3.97. The van der Waals surface area contributed by atoms with Crippen LogP contribution in [-0.2, 0) is 24.9 Å². The fourth-order valence-corrected chi connectivity index (χ4v) is 4.99. The van der Waals surface area contributed by atoms with Gasteiger partial charge in [0.2, 0.25) is 5.91 Å². The summed E-state index contributed by atoms with van der Waals surface area (Å²) >= 11 is 1.03. The van der Waals surface area contributed by atoms with Crippen molar-refractivity contribution in [3.63, 3.8) is 0 Å². The molecule has 9 heteroatoms. The van der Waals surface area contributed by atoms with E-state index in [9.17, 15) is 14.7 Å². The highest BCUT2D eigenvalue weighted by Crippen LogP contribution is 2.31. The lowest BCUT2D eigenvalue weighted by atomic mass is 10.1. The van der Waals surface area contributed by atoms with Crippen LogP contribution in [0, 0.1) is 13.8 Å². The van der Waals surface area contributed by atoms with Crippen LogP contribution in [0.4, 0.5) is 4.79 Å². The van der Waals surface area contributed by atoms with Crippen molar-refractivity contribution in [1.82, 2.24) is 14.9 Å². The van der Waals surface area contributed by atoms with Crippen LogP contribution in [0.3, 0.4) is 0 Å². The molecule has 2 N–H and O–H groups in total. The SMILES string of the molecule is Cc1cc(Oc2ccc3nc(COc4ccc(CC5SC(=O)NC5=O)cc4)n(C)c3c2)cc(C)c1O. The number of hydrogen-bond acceptors (Lipinski definition) is 7. The number of imide groups is 1. The van der Waals surface area contributed by atoms with Crippen molar-refractivity contribution in [2.45, 2.75) is 32.1 Å². The minimum Gasteiger partial charge on any atom is -0.507 e. The van der Waals surface area contributed by atoms with Crippen molar-refractivity contribution in [2.24, 2.45) is 7.05 Å². The number of aromatic nitrogens is 2. The molecule has 2 heterocycles. The number of phenolic OH excluding ortho intramolecular Hbond substituents is 1. The first kappa shape index (κ1) is 23.7. The number of nitrogens with one attached hydrogen (secondary N) is 1. The Labute approximate surface area is 212 Å². The molecule has 184 valence electrons. The molecule has 1 fully saturated rings. The van der Waals surface area contributed by atoms with E-state index in [1.54, 1.807) is 12.1 Å². The molecular weight excluding hydrogens is 478 g/mol. The number of benzene rings is 3. The lowest BCUT2D eigenvalue weighted by molar-refractivity contribution is -0.118. The molecule has 1 aromatic heterocycles. The predicted molar refractivity (Wildman–Crippen MR) is 138 cm³/mol. The molecule has 1 aliphatic heterocycles. The van der Waals surface area contributed by atoms with Gasteiger partial charge in [0.15, 0.2) is 0 Å². The van der Waals surface area contributed by atoms with Gasteiger partial charge in [-0.25, -0.2) is 4.98 Å². The van der Waals surface area contributed by atoms with Gasteiger partial charge in [-0.1, -0.05) is 23.9 Å². The van der Waals surface area contributed by atoms with E-state index in [-0.39, 0.29) is 28.8 Å². The Bertz CT molecular complexity index is 1460. The third-order valence-electron chi connectivity index (χ3n) is 6.12. The Morgan fingerprint density at radius 3 is 2.36 bits per heavy atom. The number of aromatic hydroxyl groups is 1. The highest BCUT2D eigenvalue weighted by Gasteiger charge is 2.31. The molecule has 1 saturated heterocycles. The largest absolute Gasteiger partial charge is 0.507 e. The Morgan fingerprint density at radius 1 is 1.00 bits per heavy atom. The average molecular weight is 504 g/mol. The van der Waals surface area contributed by atoms with E-state index in [2.05, 4.69) is 10.3 Å². The van der Waals surface area contributed by atoms with Gasteiger partial charge in [0.1, 0.15) is 35.4 Å². The van der Waals surface area contributed by atoms with Crippen LogP contribution >= 0.6 is 11.8 Å². The summed E-state index contributed by atoms with van der Waals surface area (Å²) in [6.07, 6.45) is 0.487. The van der Waals surface area contributed by atoms with Crippen molar-refractivity contribution in [1.29, 1.82) is 0 Å². The summed E-state index contributed by atoms with van der Waals surface area (Å²) < 4.78 is 14.0. The van der Waals surface area contributed by atoms with Gasteiger partial charge in [0, 0.05) is 13.1 Å². The third-order valence-corrected chi connectivity index (χ3v) is 7.11. The quantitative estimate of drug-likeness (QED) is 0.359. The maximum absolute atomic E-state index is 11.8. The van der Waals surface area contributed by atoms with Crippen LogP contribution in [0.5, 0.6) is 23.0 Å². The second-order valence-electron chi connectivity index (χ2n) is 8.77. The number of fused-ring (bicyclic) bond motifs is 1. The summed E-state index contributed by atoms with van der Waals surface area (Å²) in [4.78, 5) is 27.8. The molecule has 36 heavy (non-hydrogen) atoms. The number of aryl methyl sites for hydroxylation is 3. The standard InChI is InChI=1S/C27H25N3O5S/c1-15-10-20(11-16(2)25(15)31)35-19-8-9-21-22(13-19)30(3)24(28-21)14-34-18-6-4-17(5-7-18)12-23-26(32)29-27(33)36-23/h4-11,13,23,31H,12,14H2,1-3H3,(H,29,32,33). The van der Waals surface area contributed by atoms with Crippen molar-refractivity contribution in [2.75, 3.05) is 0 Å². The number of thioether (sulfide) groups is 1. The summed E-state index contributed by atoms with van der Waals surface area (Å²) in [5.74, 6) is 2.82. The number of amides is 2. The molecule has 0 radical (unpaired) electrons. The highest BCUT2D eigenvalue weighted by atomic mass is 32.2. The van der Waals surface area contributed by atoms with E-state index < -0.39 is 0 Å². The minimum atomic E-state index is -0.389. The average Bonchev–Trinajstić information content (AvgIpc) is 3.34. The summed E-state index contributed by atoms with van der Waals surface area (Å²) in [6, 6.07) is 16.8. The topological polar surface area (TPSA) is 103 Å². The number of rotatable bonds is 7. The Morgan fingerprint density at radius 2 is 1.69 bits per heavy atom. The Hall–Kier alpha value is -3.98. The van der Waals surface area contributed by atoms with E-state index in [1.807, 2.05) is 67.9 Å². The van der Waals surface area contributed by atoms with Crippen LogP contribution in [0.15, 0.2) is 54.6 Å². The summed E-state index contributed by atoms with van der Waals surface area (Å²) in [5, 5.41) is 11.6. The lowest BCUT2D eigenvalue weighted by Gasteiger charge is -2.10. The van der Waals surface area contributed by atoms with Crippen LogP contribution in [0.2, 0.25) is 0 Å². The van der Waals surface area contributed by atoms with Crippen LogP contribution in [-0.4, -0.2) is 31.1 Å². The molecule has 0 aliphatic carbocycles. The second kappa shape index (κ2) is 9.58. The first-order valence-electron chi connectivity index (χ1n) is 11.4. The molecule has 4 aromatic rings. The molecule has 3 aromatic carbocycles. The van der Waals surface area contributed by atoms with Gasteiger partial charge < -0.3 is 19.1 Å². The van der Waals surface area contributed by atoms with E-state index in [4.69, 9.17) is 9.47 Å². The maximum Gasteiger partial charge on any atom is 0.286 e. The molecule has 5 rings (SSSR count). The van der Waals surface area contributed by atoms with Crippen LogP contribution in [0.25, 0.3) is 11.0 Å². The van der Waals surface area contributed by atoms with E-state index in [1.165, 1.54) is 0 Å². The summed E-state index contributed by atoms with van der Waals surface area (Å²) in [7, 11) is 1.93. The predicted octanol–water partition coefficient (Wildman–Crippen LogP) is 5.16. The van der Waals surface area contributed by atoms with E-state index in [0.29, 0.717) is 23.7 Å². The molecule has 0 saturated carbocycles. The Balaban J connectivity index is 1.25. The fraction of sp³-hybridized carbons (Fsp3) is 0.222. The zero-order chi connectivity index (χ0) is 25.4. The number of ether oxygens (including phenoxy) is 2. The third kappa shape index (κ3) is 4.87. The first-order valence-corrected chi connectivity index (χ1v) is 12.3. The van der Waals surface area contributed by atoms with Crippen molar-refractivity contribution in [3.8, 4) is 23.0 Å². The lowest BCUT2D eigenvalue weighted by Crippen LogP contribution is -2.25. The number of carbonyl (C=O) groups excluding carboxylic acids is 2. The number of carbonyl (C=O) groups is 2. The van der Waals surface area contributed by atoms with Gasteiger partial charge in [0.25, 0.3) is 5.24 Å². The monoisotopic (exact) mass is 503 g/mol. The molecule has 0 bridgehead atoms. The van der Waals surface area contributed by atoms with Crippen molar-refractivity contribution in [3.05, 3.63) is 77.1 Å². The number of hydrogen-bond donors (Lipinski definition) is 2. The van der Waals surface area contributed by atoms with Gasteiger partial charge in [-0.05, 0) is 73.4 Å². The van der Waals surface area contributed by atoms with Crippen molar-refractivity contribution < 1.29 is 24.2 Å². The number of imidazole rings is 1. The smallest absolute Gasteiger partial charge is 0.286 e. The van der Waals surface area contributed by atoms with Crippen molar-refractivity contribution >= 4 is 33.9 Å². The molecule has 1 aliphatic rings. The van der Waals surface area contributed by atoms with Gasteiger partial charge in [-0.3, -0.25) is 14.9 Å². The molecule has 1 atom stereocenters. The normalized spacial score (nSPS) is 15.4. The second-order valence-corrected chi connectivity index (χ2v) is 9.94. The van der Waals surface area contributed by atoms with Gasteiger partial charge in [-0.15, -0.1) is 0 Å². The van der Waals surface area contributed by atoms with Gasteiger partial charge in [-0.2, -0.15) is 0 Å². The van der Waals surface area contributed by atoms with E-state index in [0.717, 1.165) is 45.3 Å². The molecule has 8 nitrogen and oxygen atoms in total. The maximum atomic E-state index is 11.8. The number of phenols is 1. The van der Waals surface area contributed by atoms with E-state index >= 15 is 0 Å². The minimum absolute atomic E-state index is 0.242. The molecule has 0 spiro atoms. The highest BCUT2D eigenvalue weighted by molar-refractivity contribution is 8.15. The van der Waals surface area contributed by atoms with Crippen LogP contribution in [0.1, 0.15) is 22.5 Å². The zero-order valence-corrected chi connectivity index (χ0v) is 20.9. The molecular formula is C27H25N3O5S. The number of nitrogens with zero attached hydrogens (tertiary/aromatic N) is 2. The molecule has 1 unspecified atom stereocenters. The summed E-state index contributed by atoms with van der Waals surface area (Å²) in [5.41, 5.74) is 4.22. The van der Waals surface area contributed by atoms with Gasteiger partial charge in [0.05, 0.1) is 16.3 Å².